The predicted molar refractivity (Wildman–Crippen MR) is 247 cm³/mol. The second-order valence-electron chi connectivity index (χ2n) is 7.28. The van der Waals surface area contributed by atoms with Crippen molar-refractivity contribution in [1.82, 2.24) is 0 Å². The number of rotatable bonds is 9. The number of hydrogen-bond acceptors (Lipinski definition) is 6. The minimum absolute atomic E-state index is 0. The maximum atomic E-state index is 11.6. The Bertz CT molecular complexity index is 2350. The lowest BCUT2D eigenvalue weighted by atomic mass is 10.4. The zero-order valence-corrected chi connectivity index (χ0v) is 26.6. The maximum Gasteiger partial charge on any atom is 0.385 e. The fraction of sp³-hybridized carbons (Fsp3) is 0.209. The minimum Gasteiger partial charge on any atom is -0.454 e. The van der Waals surface area contributed by atoms with E-state index in [1.165, 1.54) is 0 Å². The van der Waals surface area contributed by atoms with Crippen molar-refractivity contribution in [2.24, 2.45) is 0 Å². The monoisotopic (exact) mass is 693 g/mol. The fourth-order valence-corrected chi connectivity index (χ4v) is 1.99. The molecule has 288 valence electrons. The molecule has 0 fully saturated rings. The van der Waals surface area contributed by atoms with Crippen molar-refractivity contribution in [2.45, 2.75) is 26.9 Å². The third-order valence-electron chi connectivity index (χ3n) is 3.74. The van der Waals surface area contributed by atoms with Crippen LogP contribution in [0.25, 0.3) is 0 Å². The lowest BCUT2D eigenvalue weighted by molar-refractivity contribution is -0.141. The van der Waals surface area contributed by atoms with Crippen molar-refractivity contribution in [3.63, 3.8) is 0 Å². The van der Waals surface area contributed by atoms with Gasteiger partial charge >= 0.3 is 11.9 Å². The third-order valence-corrected chi connectivity index (χ3v) is 3.74. The average Bonchev–Trinajstić information content (AvgIpc) is 3.10. The van der Waals surface area contributed by atoms with Gasteiger partial charge in [0.1, 0.15) is 13.2 Å². The summed E-state index contributed by atoms with van der Waals surface area (Å²) in [5.74, 6) is 77.1. The van der Waals surface area contributed by atoms with Gasteiger partial charge in [-0.05, 0) is 187 Å². The molecule has 6 nitrogen and oxygen atoms in total. The van der Waals surface area contributed by atoms with E-state index in [9.17, 15) is 9.59 Å². The molecule has 0 amide bonds. The van der Waals surface area contributed by atoms with Crippen molar-refractivity contribution >= 4 is 11.9 Å². The molecule has 1 atom stereocenters. The van der Waals surface area contributed by atoms with Gasteiger partial charge in [0.25, 0.3) is 0 Å². The van der Waals surface area contributed by atoms with E-state index in [-0.39, 0.29) is 81.9 Å². The first kappa shape index (κ1) is 40.8. The van der Waals surface area contributed by atoms with Gasteiger partial charge in [-0.25, -0.2) is 9.59 Å². The van der Waals surface area contributed by atoms with Crippen LogP contribution in [-0.2, 0) is 28.5 Å². The second-order valence-corrected chi connectivity index (χ2v) is 7.28. The van der Waals surface area contributed by atoms with Crippen LogP contribution in [-0.4, -0.2) is 51.1 Å². The molecule has 0 aliphatic carbocycles. The van der Waals surface area contributed by atoms with E-state index >= 15 is 0 Å². The molecular formula is C43H80O6. The quantitative estimate of drug-likeness (QED) is 0.106. The molecule has 49 heavy (non-hydrogen) atoms. The van der Waals surface area contributed by atoms with Crippen LogP contribution >= 0.6 is 0 Å². The predicted octanol–water partition coefficient (Wildman–Crippen LogP) is 7.97. The molecule has 0 aromatic carbocycles. The molecule has 0 heterocycles. The van der Waals surface area contributed by atoms with Crippen LogP contribution in [0.4, 0.5) is 0 Å². The maximum absolute atomic E-state index is 11.6. The highest BCUT2D eigenvalue weighted by atomic mass is 16.6. The summed E-state index contributed by atoms with van der Waals surface area (Å²) < 4.78 is 20.7. The molecule has 0 saturated carbocycles. The summed E-state index contributed by atoms with van der Waals surface area (Å²) in [6.45, 7) is 5.57. The van der Waals surface area contributed by atoms with Crippen molar-refractivity contribution in [3.05, 3.63) is 0 Å². The topological polar surface area (TPSA) is 71.1 Å². The van der Waals surface area contributed by atoms with Crippen LogP contribution in [0.5, 0.6) is 0 Å². The summed E-state index contributed by atoms with van der Waals surface area (Å²) in [6, 6.07) is 0. The Balaban J connectivity index is -0.0000000265. The largest absolute Gasteiger partial charge is 0.454 e. The first-order chi connectivity index (χ1) is 24.1. The van der Waals surface area contributed by atoms with Gasteiger partial charge < -0.3 is 18.9 Å². The molecule has 0 aliphatic heterocycles. The molecule has 0 aromatic rings. The molecule has 0 spiro atoms. The standard InChI is InChI=1S/C43H20O6.30H2/c1-4-6-8-10-12-14-16-18-20-22-24-26-28-30-32-34-42(44)48-37-36-46-40-41(3)47-38-39-49-43(45)35-33-31-29-27-25-23-21-19-17-15-13-11-9-7-5-2;;;;;;;;;;;;;;;;;;;;;;;;;;;;;;/h41H,36-40H2,1-3H3;30*1H. The number of carbonyl (C=O) groups excluding carboxylic acids is 2. The van der Waals surface area contributed by atoms with Crippen LogP contribution in [0.3, 0.4) is 0 Å². The number of hydrogen-bond donors (Lipinski definition) is 0. The van der Waals surface area contributed by atoms with Crippen molar-refractivity contribution in [3.8, 4) is 189 Å². The van der Waals surface area contributed by atoms with Crippen LogP contribution in [0.1, 0.15) is 63.6 Å². The van der Waals surface area contributed by atoms with Gasteiger partial charge in [0.05, 0.1) is 25.9 Å². The Morgan fingerprint density at radius 2 is 0.714 bits per heavy atom. The molecule has 0 bridgehead atoms. The number of carbonyl (C=O) groups is 2. The number of ether oxygens (including phenoxy) is 4. The van der Waals surface area contributed by atoms with E-state index in [2.05, 4.69) is 189 Å². The van der Waals surface area contributed by atoms with Gasteiger partial charge in [-0.15, -0.1) is 0 Å². The molecule has 0 N–H and O–H groups in total. The minimum atomic E-state index is -0.764. The summed E-state index contributed by atoms with van der Waals surface area (Å²) in [6.07, 6.45) is -0.306. The molecule has 0 aliphatic rings. The van der Waals surface area contributed by atoms with Crippen LogP contribution < -0.4 is 0 Å². The summed E-state index contributed by atoms with van der Waals surface area (Å²) >= 11 is 0. The Kier molecular flexibility index (Phi) is 28.6. The van der Waals surface area contributed by atoms with E-state index in [0.717, 1.165) is 0 Å². The molecule has 0 radical (unpaired) electrons. The third kappa shape index (κ3) is 34.2. The summed E-state index contributed by atoms with van der Waals surface area (Å²) in [7, 11) is 0. The second kappa shape index (κ2) is 34.3. The van der Waals surface area contributed by atoms with Crippen molar-refractivity contribution in [2.75, 3.05) is 33.0 Å². The Morgan fingerprint density at radius 1 is 0.429 bits per heavy atom. The van der Waals surface area contributed by atoms with Crippen LogP contribution in [0, 0.1) is 189 Å². The zero-order chi connectivity index (χ0) is 35.7. The summed E-state index contributed by atoms with van der Waals surface area (Å²) in [4.78, 5) is 23.2. The Labute approximate surface area is 333 Å². The average molecular weight is 693 g/mol. The molecule has 0 saturated heterocycles. The van der Waals surface area contributed by atoms with Gasteiger partial charge in [0.2, 0.25) is 0 Å². The SMILES string of the molecule is CC#CC#CC#CC#CC#CC#CC#CC#CC(=O)OCCOCC(C)OCCOC(=O)C#CC#CC#CC#CC#CC#CC#CC#CC.[HH].[HH].[HH].[HH].[HH].[HH].[HH].[HH].[HH].[HH].[HH].[HH].[HH].[HH].[HH].[HH].[HH].[HH].[HH].[HH].[HH].[HH].[HH].[HH].[HH].[HH].[HH].[HH].[HH].[HH]. The van der Waals surface area contributed by atoms with Gasteiger partial charge in [-0.3, -0.25) is 0 Å². The van der Waals surface area contributed by atoms with Crippen LogP contribution in [0.2, 0.25) is 0 Å². The highest BCUT2D eigenvalue weighted by Gasteiger charge is 2.04. The summed E-state index contributed by atoms with van der Waals surface area (Å²) in [5, 5.41) is 0. The smallest absolute Gasteiger partial charge is 0.385 e. The van der Waals surface area contributed by atoms with Crippen LogP contribution in [0.15, 0.2) is 0 Å². The van der Waals surface area contributed by atoms with Crippen molar-refractivity contribution < 1.29 is 71.3 Å². The lowest BCUT2D eigenvalue weighted by Crippen LogP contribution is -2.21. The molecule has 0 rings (SSSR count). The van der Waals surface area contributed by atoms with E-state index in [1.807, 2.05) is 0 Å². The van der Waals surface area contributed by atoms with Gasteiger partial charge in [0, 0.05) is 54.6 Å². The van der Waals surface area contributed by atoms with Gasteiger partial charge in [0.15, 0.2) is 0 Å². The Hall–Kier alpha value is -8.18. The van der Waals surface area contributed by atoms with E-state index in [1.54, 1.807) is 20.8 Å². The fourth-order valence-electron chi connectivity index (χ4n) is 1.99. The zero-order valence-electron chi connectivity index (χ0n) is 26.6. The number of esters is 2. The van der Waals surface area contributed by atoms with E-state index in [0.29, 0.717) is 0 Å². The molecule has 0 aromatic heterocycles. The first-order valence-electron chi connectivity index (χ1n) is 13.5. The molecule has 1 unspecified atom stereocenters. The lowest BCUT2D eigenvalue weighted by Gasteiger charge is -2.13. The Morgan fingerprint density at radius 3 is 1.04 bits per heavy atom. The highest BCUT2D eigenvalue weighted by Crippen LogP contribution is 1.93. The first-order valence-corrected chi connectivity index (χ1v) is 13.5. The highest BCUT2D eigenvalue weighted by molar-refractivity contribution is 5.89. The van der Waals surface area contributed by atoms with E-state index < -0.39 is 11.9 Å². The normalized spacial score (nSPS) is 6.76. The molecular weight excluding hydrogens is 612 g/mol. The van der Waals surface area contributed by atoms with Gasteiger partial charge in [-0.1, -0.05) is 11.8 Å². The van der Waals surface area contributed by atoms with E-state index in [4.69, 9.17) is 18.9 Å². The van der Waals surface area contributed by atoms with Crippen molar-refractivity contribution in [1.29, 1.82) is 0 Å². The molecule has 6 heteroatoms. The summed E-state index contributed by atoms with van der Waals surface area (Å²) in [5.41, 5.74) is 0. The van der Waals surface area contributed by atoms with Gasteiger partial charge in [-0.2, -0.15) is 0 Å².